The number of ether oxygens (including phenoxy) is 2. The Kier molecular flexibility index (Phi) is 10.1. The van der Waals surface area contributed by atoms with Crippen LogP contribution in [0.1, 0.15) is 30.4 Å². The molecule has 2 aliphatic carbocycles. The van der Waals surface area contributed by atoms with Crippen LogP contribution in [0.5, 0.6) is 0 Å². The van der Waals surface area contributed by atoms with Crippen LogP contribution in [0.15, 0.2) is 5.38 Å². The SMILES string of the molecule is COC(=O)c1scc(C(=O)[C]2[CH][CH][CH][CH]2)c1C(=O)OC.[CH]1[CH][CH][CH][CH]1.[Fe+2]. The second-order valence-corrected chi connectivity index (χ2v) is 5.68. The van der Waals surface area contributed by atoms with Crippen LogP contribution in [-0.4, -0.2) is 31.9 Å². The molecule has 0 bridgehead atoms. The van der Waals surface area contributed by atoms with Crippen LogP contribution in [-0.2, 0) is 26.5 Å². The van der Waals surface area contributed by atoms with E-state index in [0.29, 0.717) is 5.92 Å². The van der Waals surface area contributed by atoms with Crippen molar-refractivity contribution in [3.8, 4) is 0 Å². The van der Waals surface area contributed by atoms with E-state index >= 15 is 0 Å². The standard InChI is InChI=1S/C14H11O5S.C5H5.Fe/c1-18-13(16)10-9(7-20-12(10)14(17)19-2)11(15)8-5-3-4-6-8;1-2-4-5-3-1;/h3-7H,1-2H3;1-5H;/q;;+2. The Balaban J connectivity index is 0.000000486. The summed E-state index contributed by atoms with van der Waals surface area (Å²) in [6.07, 6.45) is 16.7. The van der Waals surface area contributed by atoms with Gasteiger partial charge < -0.3 is 9.47 Å². The fourth-order valence-corrected chi connectivity index (χ4v) is 3.03. The first kappa shape index (κ1) is 22.9. The van der Waals surface area contributed by atoms with Gasteiger partial charge in [-0.3, -0.25) is 4.79 Å². The summed E-state index contributed by atoms with van der Waals surface area (Å²) in [7, 11) is 2.40. The number of ketones is 1. The zero-order valence-electron chi connectivity index (χ0n) is 14.1. The van der Waals surface area contributed by atoms with Gasteiger partial charge in [-0.15, -0.1) is 11.3 Å². The Morgan fingerprint density at radius 3 is 1.77 bits per heavy atom. The van der Waals surface area contributed by atoms with Crippen LogP contribution in [0.25, 0.3) is 0 Å². The number of carbonyl (C=O) groups excluding carboxylic acids is 3. The predicted octanol–water partition coefficient (Wildman–Crippen LogP) is 2.93. The Hall–Kier alpha value is -1.17. The van der Waals surface area contributed by atoms with Crippen molar-refractivity contribution in [1.29, 1.82) is 0 Å². The Labute approximate surface area is 169 Å². The number of hydrogen-bond acceptors (Lipinski definition) is 6. The summed E-state index contributed by atoms with van der Waals surface area (Å²) in [5.74, 6) is -1.29. The maximum absolute atomic E-state index is 12.3. The van der Waals surface area contributed by atoms with E-state index in [1.54, 1.807) is 25.7 Å². The van der Waals surface area contributed by atoms with Crippen LogP contribution in [0.2, 0.25) is 0 Å². The van der Waals surface area contributed by atoms with E-state index in [0.717, 1.165) is 11.3 Å². The molecule has 0 aromatic carbocycles. The third kappa shape index (κ3) is 5.66. The molecule has 134 valence electrons. The maximum atomic E-state index is 12.3. The van der Waals surface area contributed by atoms with Gasteiger partial charge in [0.2, 0.25) is 0 Å². The first-order valence-corrected chi connectivity index (χ1v) is 8.19. The first-order chi connectivity index (χ1) is 12.1. The van der Waals surface area contributed by atoms with Gasteiger partial charge in [0.1, 0.15) is 4.88 Å². The molecule has 2 fully saturated rings. The third-order valence-electron chi connectivity index (χ3n) is 3.28. The van der Waals surface area contributed by atoms with Gasteiger partial charge in [0, 0.05) is 10.9 Å². The number of hydrogen-bond donors (Lipinski definition) is 0. The van der Waals surface area contributed by atoms with Gasteiger partial charge in [-0.1, -0.05) is 0 Å². The van der Waals surface area contributed by atoms with Gasteiger partial charge in [0.05, 0.1) is 25.7 Å². The summed E-state index contributed by atoms with van der Waals surface area (Å²) in [5, 5.41) is 1.47. The molecule has 0 spiro atoms. The van der Waals surface area contributed by atoms with E-state index in [1.165, 1.54) is 19.6 Å². The maximum Gasteiger partial charge on any atom is 2.00 e. The molecule has 0 aliphatic heterocycles. The fourth-order valence-electron chi connectivity index (χ4n) is 2.07. The number of carbonyl (C=O) groups is 3. The molecule has 0 unspecified atom stereocenters. The van der Waals surface area contributed by atoms with Gasteiger partial charge in [0.15, 0.2) is 5.78 Å². The van der Waals surface area contributed by atoms with Crippen LogP contribution in [0.4, 0.5) is 0 Å². The molecule has 0 amide bonds. The van der Waals surface area contributed by atoms with Crippen molar-refractivity contribution in [2.24, 2.45) is 0 Å². The molecule has 5 nitrogen and oxygen atoms in total. The predicted molar refractivity (Wildman–Crippen MR) is 93.3 cm³/mol. The molecule has 0 atom stereocenters. The van der Waals surface area contributed by atoms with E-state index in [4.69, 9.17) is 0 Å². The molecular weight excluding hydrogens is 396 g/mol. The number of rotatable bonds is 4. The molecule has 2 aliphatic rings. The second kappa shape index (κ2) is 11.5. The minimum atomic E-state index is -0.735. The average molecular weight is 412 g/mol. The molecule has 0 N–H and O–H groups in total. The van der Waals surface area contributed by atoms with Crippen LogP contribution >= 0.6 is 11.3 Å². The number of esters is 2. The number of Topliss-reactive ketones (excluding diaryl/α,β-unsaturated/α-hetero) is 1. The van der Waals surface area contributed by atoms with Crippen molar-refractivity contribution >= 4 is 29.1 Å². The third-order valence-corrected chi connectivity index (χ3v) is 4.24. The van der Waals surface area contributed by atoms with Gasteiger partial charge in [-0.05, 0) is 57.8 Å². The molecule has 3 rings (SSSR count). The van der Waals surface area contributed by atoms with E-state index in [-0.39, 0.29) is 38.9 Å². The topological polar surface area (TPSA) is 69.7 Å². The van der Waals surface area contributed by atoms with Crippen LogP contribution in [0.3, 0.4) is 0 Å². The summed E-state index contributed by atoms with van der Waals surface area (Å²) in [5.41, 5.74) is 0.101. The van der Waals surface area contributed by atoms with Crippen LogP contribution in [0, 0.1) is 63.7 Å². The molecule has 26 heavy (non-hydrogen) atoms. The van der Waals surface area contributed by atoms with Crippen LogP contribution < -0.4 is 0 Å². The molecule has 1 aromatic rings. The van der Waals surface area contributed by atoms with Crippen molar-refractivity contribution < 1.29 is 40.9 Å². The van der Waals surface area contributed by atoms with E-state index < -0.39 is 11.9 Å². The van der Waals surface area contributed by atoms with Crippen molar-refractivity contribution in [3.05, 3.63) is 85.1 Å². The van der Waals surface area contributed by atoms with Crippen molar-refractivity contribution in [2.75, 3.05) is 14.2 Å². The summed E-state index contributed by atoms with van der Waals surface area (Å²) < 4.78 is 9.25. The minimum Gasteiger partial charge on any atom is -0.465 e. The average Bonchev–Trinajstić information content (AvgIpc) is 3.41. The smallest absolute Gasteiger partial charge is 0.465 e. The number of methoxy groups -OCH3 is 2. The molecule has 1 aromatic heterocycles. The summed E-state index contributed by atoms with van der Waals surface area (Å²) in [4.78, 5) is 35.9. The number of thiophene rings is 1. The monoisotopic (exact) mass is 412 g/mol. The quantitative estimate of drug-likeness (QED) is 0.432. The van der Waals surface area contributed by atoms with Gasteiger partial charge in [0.25, 0.3) is 0 Å². The Morgan fingerprint density at radius 2 is 1.31 bits per heavy atom. The molecule has 7 heteroatoms. The van der Waals surface area contributed by atoms with Crippen molar-refractivity contribution in [3.63, 3.8) is 0 Å². The van der Waals surface area contributed by atoms with E-state index in [9.17, 15) is 14.4 Å². The Bertz CT molecular complexity index is 608. The molecular formula is C19H16FeO5S+2. The molecule has 10 radical (unpaired) electrons. The normalized spacial score (nSPS) is 16.2. The fraction of sp³-hybridized carbons (Fsp3) is 0.105. The van der Waals surface area contributed by atoms with Gasteiger partial charge in [-0.25, -0.2) is 9.59 Å². The van der Waals surface area contributed by atoms with E-state index in [2.05, 4.69) is 9.47 Å². The van der Waals surface area contributed by atoms with Gasteiger partial charge >= 0.3 is 29.0 Å². The van der Waals surface area contributed by atoms with E-state index in [1.807, 2.05) is 32.1 Å². The molecule has 2 saturated carbocycles. The summed E-state index contributed by atoms with van der Waals surface area (Å²) in [6.45, 7) is 0. The largest absolute Gasteiger partial charge is 2.00 e. The first-order valence-electron chi connectivity index (χ1n) is 7.31. The zero-order valence-corrected chi connectivity index (χ0v) is 16.0. The van der Waals surface area contributed by atoms with Gasteiger partial charge in [-0.2, -0.15) is 0 Å². The molecule has 1 heterocycles. The Morgan fingerprint density at radius 1 is 0.808 bits per heavy atom. The minimum absolute atomic E-state index is 0. The van der Waals surface area contributed by atoms with Crippen molar-refractivity contribution in [1.82, 2.24) is 0 Å². The molecule has 0 saturated heterocycles. The summed E-state index contributed by atoms with van der Waals surface area (Å²) >= 11 is 0.982. The summed E-state index contributed by atoms with van der Waals surface area (Å²) in [6, 6.07) is 0. The second-order valence-electron chi connectivity index (χ2n) is 4.80. The zero-order chi connectivity index (χ0) is 18.2. The van der Waals surface area contributed by atoms with Crippen molar-refractivity contribution in [2.45, 2.75) is 0 Å².